The third kappa shape index (κ3) is 5.03. The molecule has 0 spiro atoms. The van der Waals surface area contributed by atoms with Gasteiger partial charge in [-0.3, -0.25) is 14.2 Å². The van der Waals surface area contributed by atoms with Crippen molar-refractivity contribution >= 4 is 34.4 Å². The van der Waals surface area contributed by atoms with E-state index in [4.69, 9.17) is 4.98 Å². The van der Waals surface area contributed by atoms with E-state index in [1.807, 2.05) is 68.6 Å². The summed E-state index contributed by atoms with van der Waals surface area (Å²) in [6.45, 7) is 6.72. The van der Waals surface area contributed by atoms with Crippen LogP contribution < -0.4 is 10.9 Å². The predicted octanol–water partition coefficient (Wildman–Crippen LogP) is 5.54. The van der Waals surface area contributed by atoms with E-state index in [1.54, 1.807) is 4.57 Å². The van der Waals surface area contributed by atoms with Gasteiger partial charge in [0.25, 0.3) is 5.56 Å². The Morgan fingerprint density at radius 2 is 1.91 bits per heavy atom. The Kier molecular flexibility index (Phi) is 6.99. The standard InChI is InChI=1S/C26H28N4O2S/c1-4-5-13-30-25(32)24-23(21(15-27-24)19-9-7-6-8-10-19)29-26(30)33-16-22(31)28-20-12-11-17(2)18(3)14-20/h6-12,14-15,27H,4-5,13,16H2,1-3H3,(H,28,31). The molecule has 4 aromatic rings. The Morgan fingerprint density at radius 1 is 1.12 bits per heavy atom. The summed E-state index contributed by atoms with van der Waals surface area (Å²) in [5.41, 5.74) is 5.98. The third-order valence-corrected chi connectivity index (χ3v) is 6.67. The molecule has 2 heterocycles. The summed E-state index contributed by atoms with van der Waals surface area (Å²) >= 11 is 1.29. The Morgan fingerprint density at radius 3 is 2.64 bits per heavy atom. The van der Waals surface area contributed by atoms with Gasteiger partial charge in [0.1, 0.15) is 11.0 Å². The van der Waals surface area contributed by atoms with Gasteiger partial charge in [0.15, 0.2) is 5.16 Å². The lowest BCUT2D eigenvalue weighted by molar-refractivity contribution is -0.113. The number of carbonyl (C=O) groups excluding carboxylic acids is 1. The normalized spacial score (nSPS) is 11.1. The molecule has 0 saturated heterocycles. The van der Waals surface area contributed by atoms with Crippen molar-refractivity contribution in [1.29, 1.82) is 0 Å². The van der Waals surface area contributed by atoms with Gasteiger partial charge in [0.05, 0.1) is 5.75 Å². The number of H-pyrrole nitrogens is 1. The molecule has 0 fully saturated rings. The molecule has 0 bridgehead atoms. The molecule has 6 nitrogen and oxygen atoms in total. The van der Waals surface area contributed by atoms with Gasteiger partial charge in [0.2, 0.25) is 5.91 Å². The number of benzene rings is 2. The number of nitrogens with one attached hydrogen (secondary N) is 2. The maximum absolute atomic E-state index is 13.3. The van der Waals surface area contributed by atoms with Crippen LogP contribution in [-0.2, 0) is 11.3 Å². The molecule has 2 N–H and O–H groups in total. The fourth-order valence-corrected chi connectivity index (χ4v) is 4.50. The Balaban J connectivity index is 1.63. The van der Waals surface area contributed by atoms with Crippen molar-refractivity contribution in [2.45, 2.75) is 45.3 Å². The number of amides is 1. The third-order valence-electron chi connectivity index (χ3n) is 5.69. The van der Waals surface area contributed by atoms with Crippen molar-refractivity contribution in [2.24, 2.45) is 0 Å². The molecule has 0 aliphatic heterocycles. The summed E-state index contributed by atoms with van der Waals surface area (Å²) in [5.74, 6) is 0.0410. The molecule has 1 amide bonds. The first kappa shape index (κ1) is 22.9. The Labute approximate surface area is 197 Å². The number of hydrogen-bond acceptors (Lipinski definition) is 4. The second-order valence-electron chi connectivity index (χ2n) is 8.13. The molecule has 0 unspecified atom stereocenters. The largest absolute Gasteiger partial charge is 0.355 e. The van der Waals surface area contributed by atoms with E-state index in [1.165, 1.54) is 17.3 Å². The van der Waals surface area contributed by atoms with Crippen LogP contribution in [0.5, 0.6) is 0 Å². The molecule has 0 atom stereocenters. The van der Waals surface area contributed by atoms with Crippen molar-refractivity contribution in [3.05, 3.63) is 76.2 Å². The molecular formula is C26H28N4O2S. The molecule has 0 aliphatic rings. The number of aryl methyl sites for hydroxylation is 2. The van der Waals surface area contributed by atoms with Crippen LogP contribution in [0.2, 0.25) is 0 Å². The van der Waals surface area contributed by atoms with Crippen LogP contribution in [0.1, 0.15) is 30.9 Å². The molecular weight excluding hydrogens is 432 g/mol. The maximum atomic E-state index is 13.3. The topological polar surface area (TPSA) is 79.8 Å². The minimum Gasteiger partial charge on any atom is -0.355 e. The highest BCUT2D eigenvalue weighted by atomic mass is 32.2. The van der Waals surface area contributed by atoms with Crippen LogP contribution in [0.4, 0.5) is 5.69 Å². The van der Waals surface area contributed by atoms with E-state index in [2.05, 4.69) is 17.2 Å². The van der Waals surface area contributed by atoms with E-state index < -0.39 is 0 Å². The van der Waals surface area contributed by atoms with E-state index >= 15 is 0 Å². The van der Waals surface area contributed by atoms with Crippen LogP contribution in [0.3, 0.4) is 0 Å². The lowest BCUT2D eigenvalue weighted by Crippen LogP contribution is -2.24. The van der Waals surface area contributed by atoms with Crippen LogP contribution in [0, 0.1) is 13.8 Å². The van der Waals surface area contributed by atoms with Gasteiger partial charge in [-0.1, -0.05) is 61.5 Å². The number of nitrogens with zero attached hydrogens (tertiary/aromatic N) is 2. The maximum Gasteiger partial charge on any atom is 0.278 e. The predicted molar refractivity (Wildman–Crippen MR) is 136 cm³/mol. The van der Waals surface area contributed by atoms with Gasteiger partial charge in [0, 0.05) is 24.0 Å². The van der Waals surface area contributed by atoms with E-state index in [0.717, 1.165) is 35.2 Å². The molecule has 2 aromatic heterocycles. The van der Waals surface area contributed by atoms with Crippen molar-refractivity contribution < 1.29 is 4.79 Å². The molecule has 2 aromatic carbocycles. The Bertz CT molecular complexity index is 1340. The highest BCUT2D eigenvalue weighted by Crippen LogP contribution is 2.28. The lowest BCUT2D eigenvalue weighted by Gasteiger charge is -2.12. The van der Waals surface area contributed by atoms with Gasteiger partial charge in [-0.05, 0) is 49.1 Å². The highest BCUT2D eigenvalue weighted by Gasteiger charge is 2.17. The SMILES string of the molecule is CCCCn1c(SCC(=O)Nc2ccc(C)c(C)c2)nc2c(-c3ccccc3)c[nH]c2c1=O. The number of thioether (sulfide) groups is 1. The van der Waals surface area contributed by atoms with Gasteiger partial charge in [-0.25, -0.2) is 4.98 Å². The Hall–Kier alpha value is -3.32. The molecule has 170 valence electrons. The monoisotopic (exact) mass is 460 g/mol. The highest BCUT2D eigenvalue weighted by molar-refractivity contribution is 7.99. The second kappa shape index (κ2) is 10.1. The summed E-state index contributed by atoms with van der Waals surface area (Å²) in [5, 5.41) is 3.51. The number of rotatable bonds is 8. The summed E-state index contributed by atoms with van der Waals surface area (Å²) in [7, 11) is 0. The molecule has 0 saturated carbocycles. The lowest BCUT2D eigenvalue weighted by atomic mass is 10.1. The molecule has 7 heteroatoms. The summed E-state index contributed by atoms with van der Waals surface area (Å²) in [6.07, 6.45) is 3.66. The second-order valence-corrected chi connectivity index (χ2v) is 9.08. The summed E-state index contributed by atoms with van der Waals surface area (Å²) < 4.78 is 1.69. The van der Waals surface area contributed by atoms with Crippen molar-refractivity contribution in [2.75, 3.05) is 11.1 Å². The number of fused-ring (bicyclic) bond motifs is 1. The zero-order valence-electron chi connectivity index (χ0n) is 19.1. The summed E-state index contributed by atoms with van der Waals surface area (Å²) in [4.78, 5) is 33.9. The van der Waals surface area contributed by atoms with Crippen LogP contribution in [0.25, 0.3) is 22.2 Å². The van der Waals surface area contributed by atoms with Crippen LogP contribution in [0.15, 0.2) is 64.7 Å². The van der Waals surface area contributed by atoms with Gasteiger partial charge < -0.3 is 10.3 Å². The quantitative estimate of drug-likeness (QED) is 0.267. The average molecular weight is 461 g/mol. The summed E-state index contributed by atoms with van der Waals surface area (Å²) in [6, 6.07) is 15.7. The van der Waals surface area contributed by atoms with Crippen LogP contribution >= 0.6 is 11.8 Å². The average Bonchev–Trinajstić information content (AvgIpc) is 3.24. The van der Waals surface area contributed by atoms with Crippen molar-refractivity contribution in [3.63, 3.8) is 0 Å². The number of unbranched alkanes of at least 4 members (excludes halogenated alkanes) is 1. The zero-order chi connectivity index (χ0) is 23.4. The van der Waals surface area contributed by atoms with E-state index in [-0.39, 0.29) is 17.2 Å². The molecule has 4 rings (SSSR count). The van der Waals surface area contributed by atoms with E-state index in [9.17, 15) is 9.59 Å². The van der Waals surface area contributed by atoms with Gasteiger partial charge >= 0.3 is 0 Å². The van der Waals surface area contributed by atoms with Crippen molar-refractivity contribution in [1.82, 2.24) is 14.5 Å². The fraction of sp³-hybridized carbons (Fsp3) is 0.269. The van der Waals surface area contributed by atoms with E-state index in [0.29, 0.717) is 22.7 Å². The smallest absolute Gasteiger partial charge is 0.278 e. The minimum atomic E-state index is -0.128. The minimum absolute atomic E-state index is 0.104. The van der Waals surface area contributed by atoms with Crippen LogP contribution in [-0.4, -0.2) is 26.2 Å². The fourth-order valence-electron chi connectivity index (χ4n) is 3.68. The first-order valence-electron chi connectivity index (χ1n) is 11.1. The number of aromatic amines is 1. The van der Waals surface area contributed by atoms with Crippen molar-refractivity contribution in [3.8, 4) is 11.1 Å². The first-order valence-corrected chi connectivity index (χ1v) is 12.1. The zero-order valence-corrected chi connectivity index (χ0v) is 20.0. The molecule has 0 radical (unpaired) electrons. The van der Waals surface area contributed by atoms with Gasteiger partial charge in [-0.2, -0.15) is 0 Å². The number of carbonyl (C=O) groups is 1. The molecule has 33 heavy (non-hydrogen) atoms. The van der Waals surface area contributed by atoms with Gasteiger partial charge in [-0.15, -0.1) is 0 Å². The number of aromatic nitrogens is 3. The number of hydrogen-bond donors (Lipinski definition) is 2. The first-order chi connectivity index (χ1) is 16.0. The number of anilines is 1. The molecule has 0 aliphatic carbocycles.